The summed E-state index contributed by atoms with van der Waals surface area (Å²) in [6.07, 6.45) is -2.59. The van der Waals surface area contributed by atoms with E-state index in [1.807, 2.05) is 0 Å². The SMILES string of the molecule is CC(C)(C)OC(=O)N(c1cccc(C(F)(F)F)c1)c1nc(-c2cc[n+](O)cc2)cs1. The fourth-order valence-corrected chi connectivity index (χ4v) is 3.35. The molecule has 30 heavy (non-hydrogen) atoms. The number of halogens is 3. The number of hydrogen-bond donors (Lipinski definition) is 1. The lowest BCUT2D eigenvalue weighted by Crippen LogP contribution is -2.34. The molecule has 1 N–H and O–H groups in total. The Balaban J connectivity index is 2.05. The average Bonchev–Trinajstić information content (AvgIpc) is 3.10. The lowest BCUT2D eigenvalue weighted by Gasteiger charge is -2.26. The van der Waals surface area contributed by atoms with Crippen LogP contribution < -0.4 is 9.63 Å². The van der Waals surface area contributed by atoms with Gasteiger partial charge in [0, 0.05) is 27.8 Å². The van der Waals surface area contributed by atoms with Crippen molar-refractivity contribution in [3.63, 3.8) is 0 Å². The second-order valence-corrected chi connectivity index (χ2v) is 8.18. The fourth-order valence-electron chi connectivity index (χ4n) is 2.51. The van der Waals surface area contributed by atoms with E-state index in [2.05, 4.69) is 4.98 Å². The van der Waals surface area contributed by atoms with Gasteiger partial charge in [0.25, 0.3) is 0 Å². The molecule has 1 aromatic carbocycles. The van der Waals surface area contributed by atoms with E-state index in [0.717, 1.165) is 33.1 Å². The minimum atomic E-state index is -4.56. The van der Waals surface area contributed by atoms with Crippen molar-refractivity contribution in [2.24, 2.45) is 0 Å². The van der Waals surface area contributed by atoms with Crippen molar-refractivity contribution in [2.75, 3.05) is 4.90 Å². The summed E-state index contributed by atoms with van der Waals surface area (Å²) in [5.74, 6) is 0. The molecule has 0 saturated heterocycles. The quantitative estimate of drug-likeness (QED) is 0.438. The monoisotopic (exact) mass is 438 g/mol. The van der Waals surface area contributed by atoms with Gasteiger partial charge in [0.2, 0.25) is 12.4 Å². The summed E-state index contributed by atoms with van der Waals surface area (Å²) in [6, 6.07) is 7.64. The highest BCUT2D eigenvalue weighted by Crippen LogP contribution is 2.36. The Bertz CT molecular complexity index is 1040. The standard InChI is InChI=1S/C20H19F3N3O3S/c1-19(2,3)29-18(27)26(15-6-4-5-14(11-15)20(21,22)23)17-24-16(12-30-17)13-7-9-25(28)10-8-13/h4-12,28H,1-3H3/q+1. The lowest BCUT2D eigenvalue weighted by atomic mass is 10.2. The normalized spacial score (nSPS) is 11.9. The number of nitrogens with zero attached hydrogens (tertiary/aromatic N) is 3. The second-order valence-electron chi connectivity index (χ2n) is 7.35. The number of ether oxygens (including phenoxy) is 1. The van der Waals surface area contributed by atoms with E-state index in [0.29, 0.717) is 11.3 Å². The van der Waals surface area contributed by atoms with Gasteiger partial charge in [-0.3, -0.25) is 5.21 Å². The third-order valence-corrected chi connectivity index (χ3v) is 4.63. The van der Waals surface area contributed by atoms with Crippen molar-refractivity contribution in [2.45, 2.75) is 32.5 Å². The molecule has 0 radical (unpaired) electrons. The first kappa shape index (κ1) is 21.6. The third kappa shape index (κ3) is 5.07. The van der Waals surface area contributed by atoms with Crippen LogP contribution in [0.2, 0.25) is 0 Å². The van der Waals surface area contributed by atoms with Crippen LogP contribution in [0.25, 0.3) is 11.3 Å². The summed E-state index contributed by atoms with van der Waals surface area (Å²) in [4.78, 5) is 18.3. The molecule has 2 aromatic heterocycles. The van der Waals surface area contributed by atoms with Crippen LogP contribution in [-0.2, 0) is 10.9 Å². The van der Waals surface area contributed by atoms with Gasteiger partial charge in [-0.2, -0.15) is 13.2 Å². The van der Waals surface area contributed by atoms with Crippen molar-refractivity contribution in [3.8, 4) is 11.3 Å². The smallest absolute Gasteiger partial charge is 0.421 e. The summed E-state index contributed by atoms with van der Waals surface area (Å²) in [5, 5.41) is 11.2. The van der Waals surface area contributed by atoms with Crippen molar-refractivity contribution in [1.29, 1.82) is 0 Å². The zero-order chi connectivity index (χ0) is 22.1. The molecule has 0 bridgehead atoms. The molecular weight excluding hydrogens is 419 g/mol. The minimum absolute atomic E-state index is 0.0127. The lowest BCUT2D eigenvalue weighted by molar-refractivity contribution is -0.904. The number of pyridine rings is 1. The van der Waals surface area contributed by atoms with Gasteiger partial charge in [-0.1, -0.05) is 6.07 Å². The molecule has 0 aliphatic carbocycles. The Labute approximate surface area is 174 Å². The van der Waals surface area contributed by atoms with Crippen molar-refractivity contribution in [1.82, 2.24) is 4.98 Å². The van der Waals surface area contributed by atoms with Crippen molar-refractivity contribution >= 4 is 28.2 Å². The number of alkyl halides is 3. The summed E-state index contributed by atoms with van der Waals surface area (Å²) in [6.45, 7) is 4.99. The van der Waals surface area contributed by atoms with E-state index in [4.69, 9.17) is 4.74 Å². The van der Waals surface area contributed by atoms with Gasteiger partial charge in [-0.05, 0) is 39.0 Å². The van der Waals surface area contributed by atoms with Gasteiger partial charge >= 0.3 is 12.3 Å². The van der Waals surface area contributed by atoms with Crippen molar-refractivity contribution in [3.05, 3.63) is 59.7 Å². The van der Waals surface area contributed by atoms with E-state index in [9.17, 15) is 23.2 Å². The number of anilines is 2. The minimum Gasteiger partial charge on any atom is -0.443 e. The molecule has 158 valence electrons. The molecule has 3 rings (SSSR count). The third-order valence-electron chi connectivity index (χ3n) is 3.80. The number of aromatic nitrogens is 2. The predicted molar refractivity (Wildman–Crippen MR) is 105 cm³/mol. The van der Waals surface area contributed by atoms with Crippen LogP contribution >= 0.6 is 11.3 Å². The van der Waals surface area contributed by atoms with E-state index >= 15 is 0 Å². The molecule has 0 atom stereocenters. The molecule has 0 unspecified atom stereocenters. The Kier molecular flexibility index (Phi) is 5.71. The van der Waals surface area contributed by atoms with Crippen LogP contribution in [0, 0.1) is 0 Å². The molecule has 0 saturated carbocycles. The number of benzene rings is 1. The summed E-state index contributed by atoms with van der Waals surface area (Å²) >= 11 is 1.08. The van der Waals surface area contributed by atoms with Crippen LogP contribution in [0.1, 0.15) is 26.3 Å². The molecule has 6 nitrogen and oxygen atoms in total. The highest BCUT2D eigenvalue weighted by molar-refractivity contribution is 7.14. The molecular formula is C20H19F3N3O3S+. The maximum atomic E-state index is 13.2. The van der Waals surface area contributed by atoms with Gasteiger partial charge in [0.15, 0.2) is 5.13 Å². The summed E-state index contributed by atoms with van der Waals surface area (Å²) < 4.78 is 45.9. The Morgan fingerprint density at radius 1 is 1.17 bits per heavy atom. The van der Waals surface area contributed by atoms with Gasteiger partial charge in [0.1, 0.15) is 5.60 Å². The first-order valence-electron chi connectivity index (χ1n) is 8.81. The predicted octanol–water partition coefficient (Wildman–Crippen LogP) is 5.43. The van der Waals surface area contributed by atoms with E-state index in [1.165, 1.54) is 24.5 Å². The highest BCUT2D eigenvalue weighted by atomic mass is 32.1. The van der Waals surface area contributed by atoms with Crippen molar-refractivity contribution < 1.29 is 32.6 Å². The number of thiazole rings is 1. The largest absolute Gasteiger partial charge is 0.443 e. The molecule has 0 aliphatic rings. The van der Waals surface area contributed by atoms with Gasteiger partial charge < -0.3 is 4.74 Å². The molecule has 0 fully saturated rings. The number of rotatable bonds is 3. The molecule has 0 spiro atoms. The molecule has 10 heteroatoms. The van der Waals surface area contributed by atoms with Gasteiger partial charge in [0.05, 0.1) is 16.9 Å². The van der Waals surface area contributed by atoms with Crippen LogP contribution in [0.3, 0.4) is 0 Å². The van der Waals surface area contributed by atoms with E-state index in [-0.39, 0.29) is 10.8 Å². The van der Waals surface area contributed by atoms with Crippen LogP contribution in [0.5, 0.6) is 0 Å². The maximum Gasteiger partial charge on any atom is 0.421 e. The van der Waals surface area contributed by atoms with Gasteiger partial charge in [-0.25, -0.2) is 14.7 Å². The molecule has 3 aromatic rings. The number of carbonyl (C=O) groups excluding carboxylic acids is 1. The molecule has 1 amide bonds. The number of carbonyl (C=O) groups is 1. The maximum absolute atomic E-state index is 13.2. The zero-order valence-corrected chi connectivity index (χ0v) is 17.2. The summed E-state index contributed by atoms with van der Waals surface area (Å²) in [5.41, 5.74) is -0.597. The molecule has 2 heterocycles. The van der Waals surface area contributed by atoms with Gasteiger partial charge in [-0.15, -0.1) is 11.3 Å². The highest BCUT2D eigenvalue weighted by Gasteiger charge is 2.33. The second kappa shape index (κ2) is 7.94. The van der Waals surface area contributed by atoms with E-state index < -0.39 is 23.4 Å². The number of amides is 1. The fraction of sp³-hybridized carbons (Fsp3) is 0.250. The van der Waals surface area contributed by atoms with Crippen LogP contribution in [0.4, 0.5) is 28.8 Å². The zero-order valence-electron chi connectivity index (χ0n) is 16.3. The summed E-state index contributed by atoms with van der Waals surface area (Å²) in [7, 11) is 0. The first-order valence-corrected chi connectivity index (χ1v) is 9.69. The molecule has 0 aliphatic heterocycles. The first-order chi connectivity index (χ1) is 13.9. The Morgan fingerprint density at radius 3 is 2.43 bits per heavy atom. The average molecular weight is 438 g/mol. The van der Waals surface area contributed by atoms with E-state index in [1.54, 1.807) is 38.3 Å². The number of hydrogen-bond acceptors (Lipinski definition) is 5. The van der Waals surface area contributed by atoms with Crippen LogP contribution in [0.15, 0.2) is 54.2 Å². The Hall–Kier alpha value is -3.14. The van der Waals surface area contributed by atoms with Crippen LogP contribution in [-0.4, -0.2) is 21.9 Å². The topological polar surface area (TPSA) is 66.5 Å². The Morgan fingerprint density at radius 2 is 1.83 bits per heavy atom.